The van der Waals surface area contributed by atoms with Gasteiger partial charge in [0.2, 0.25) is 0 Å². The Balaban J connectivity index is 3.81. The number of hydrazone groups is 1. The average molecular weight is 155 g/mol. The van der Waals surface area contributed by atoms with Gasteiger partial charge in [-0.1, -0.05) is 6.08 Å². The lowest BCUT2D eigenvalue weighted by Gasteiger charge is -2.01. The maximum absolute atomic E-state index is 3.98. The minimum absolute atomic E-state index is 0.400. The quantitative estimate of drug-likeness (QED) is 0.464. The predicted octanol–water partition coefficient (Wildman–Crippen LogP) is 0.746. The standard InChI is InChI=1S/C8H17N3/c1-7(9-3)5-6-8(2)11-10-4/h5-7,9-10H,1-4H3/b6-5-,11-8-. The Morgan fingerprint density at radius 1 is 1.45 bits per heavy atom. The highest BCUT2D eigenvalue weighted by atomic mass is 15.3. The molecule has 0 fully saturated rings. The molecule has 1 atom stereocenters. The van der Waals surface area contributed by atoms with E-state index < -0.39 is 0 Å². The van der Waals surface area contributed by atoms with Crippen LogP contribution in [0.15, 0.2) is 17.3 Å². The van der Waals surface area contributed by atoms with Crippen molar-refractivity contribution in [3.05, 3.63) is 12.2 Å². The van der Waals surface area contributed by atoms with Crippen LogP contribution in [0.3, 0.4) is 0 Å². The fraction of sp³-hybridized carbons (Fsp3) is 0.625. The summed E-state index contributed by atoms with van der Waals surface area (Å²) in [5.41, 5.74) is 3.71. The molecular formula is C8H17N3. The molecule has 3 nitrogen and oxygen atoms in total. The van der Waals surface area contributed by atoms with Gasteiger partial charge < -0.3 is 10.7 Å². The lowest BCUT2D eigenvalue weighted by Crippen LogP contribution is -2.18. The van der Waals surface area contributed by atoms with Gasteiger partial charge in [0, 0.05) is 13.1 Å². The van der Waals surface area contributed by atoms with Gasteiger partial charge in [0.05, 0.1) is 5.71 Å². The Morgan fingerprint density at radius 2 is 2.09 bits per heavy atom. The van der Waals surface area contributed by atoms with Crippen molar-refractivity contribution < 1.29 is 0 Å². The van der Waals surface area contributed by atoms with Crippen molar-refractivity contribution in [1.29, 1.82) is 0 Å². The summed E-state index contributed by atoms with van der Waals surface area (Å²) in [5, 5.41) is 7.08. The molecule has 2 N–H and O–H groups in total. The topological polar surface area (TPSA) is 36.4 Å². The van der Waals surface area contributed by atoms with E-state index in [4.69, 9.17) is 0 Å². The van der Waals surface area contributed by atoms with Crippen LogP contribution in [0.25, 0.3) is 0 Å². The van der Waals surface area contributed by atoms with E-state index in [1.807, 2.05) is 20.0 Å². The molecular weight excluding hydrogens is 138 g/mol. The van der Waals surface area contributed by atoms with Crippen LogP contribution in [0, 0.1) is 0 Å². The molecule has 0 spiro atoms. The van der Waals surface area contributed by atoms with Gasteiger partial charge in [0.1, 0.15) is 0 Å². The van der Waals surface area contributed by atoms with Crippen LogP contribution in [0.5, 0.6) is 0 Å². The molecule has 0 amide bonds. The van der Waals surface area contributed by atoms with Gasteiger partial charge in [-0.3, -0.25) is 0 Å². The Kier molecular flexibility index (Phi) is 5.47. The molecule has 0 saturated carbocycles. The van der Waals surface area contributed by atoms with Gasteiger partial charge in [-0.2, -0.15) is 5.10 Å². The summed E-state index contributed by atoms with van der Waals surface area (Å²) in [6, 6.07) is 0.400. The zero-order valence-electron chi connectivity index (χ0n) is 7.68. The third-order valence-electron chi connectivity index (χ3n) is 1.37. The van der Waals surface area contributed by atoms with E-state index in [0.717, 1.165) is 5.71 Å². The van der Waals surface area contributed by atoms with Gasteiger partial charge in [0.15, 0.2) is 0 Å². The van der Waals surface area contributed by atoms with Crippen molar-refractivity contribution >= 4 is 5.71 Å². The molecule has 0 aromatic rings. The van der Waals surface area contributed by atoms with Crippen molar-refractivity contribution in [3.8, 4) is 0 Å². The fourth-order valence-corrected chi connectivity index (χ4v) is 0.593. The minimum atomic E-state index is 0.400. The zero-order chi connectivity index (χ0) is 8.69. The molecule has 3 heteroatoms. The normalized spacial score (nSPS) is 15.5. The van der Waals surface area contributed by atoms with Crippen molar-refractivity contribution in [1.82, 2.24) is 10.7 Å². The minimum Gasteiger partial charge on any atom is -0.314 e. The van der Waals surface area contributed by atoms with Gasteiger partial charge in [0.25, 0.3) is 0 Å². The first kappa shape index (κ1) is 10.2. The van der Waals surface area contributed by atoms with Crippen molar-refractivity contribution in [2.75, 3.05) is 14.1 Å². The van der Waals surface area contributed by atoms with Crippen molar-refractivity contribution in [3.63, 3.8) is 0 Å². The second-order valence-corrected chi connectivity index (χ2v) is 2.41. The first-order valence-electron chi connectivity index (χ1n) is 3.77. The van der Waals surface area contributed by atoms with Crippen molar-refractivity contribution in [2.24, 2.45) is 5.10 Å². The van der Waals surface area contributed by atoms with E-state index >= 15 is 0 Å². The molecule has 0 aromatic carbocycles. The third-order valence-corrected chi connectivity index (χ3v) is 1.37. The number of rotatable bonds is 4. The van der Waals surface area contributed by atoms with Gasteiger partial charge in [-0.25, -0.2) is 0 Å². The van der Waals surface area contributed by atoms with E-state index in [9.17, 15) is 0 Å². The average Bonchev–Trinajstić information content (AvgIpc) is 2.01. The van der Waals surface area contributed by atoms with Crippen LogP contribution in [-0.2, 0) is 0 Å². The van der Waals surface area contributed by atoms with Crippen LogP contribution in [0.1, 0.15) is 13.8 Å². The highest BCUT2D eigenvalue weighted by molar-refractivity contribution is 5.92. The van der Waals surface area contributed by atoms with E-state index in [2.05, 4.69) is 28.8 Å². The Bertz CT molecular complexity index is 149. The molecule has 0 saturated heterocycles. The molecule has 0 rings (SSSR count). The molecule has 0 bridgehead atoms. The lowest BCUT2D eigenvalue weighted by atomic mass is 10.3. The first-order valence-corrected chi connectivity index (χ1v) is 3.77. The smallest absolute Gasteiger partial charge is 0.0569 e. The molecule has 0 aliphatic rings. The number of nitrogens with zero attached hydrogens (tertiary/aromatic N) is 1. The van der Waals surface area contributed by atoms with Crippen LogP contribution in [-0.4, -0.2) is 25.8 Å². The predicted molar refractivity (Wildman–Crippen MR) is 49.8 cm³/mol. The number of hydrogen-bond donors (Lipinski definition) is 2. The van der Waals surface area contributed by atoms with Crippen LogP contribution >= 0.6 is 0 Å². The van der Waals surface area contributed by atoms with E-state index in [0.29, 0.717) is 6.04 Å². The fourth-order valence-electron chi connectivity index (χ4n) is 0.593. The summed E-state index contributed by atoms with van der Waals surface area (Å²) < 4.78 is 0. The van der Waals surface area contributed by atoms with Gasteiger partial charge >= 0.3 is 0 Å². The van der Waals surface area contributed by atoms with Crippen LogP contribution in [0.4, 0.5) is 0 Å². The van der Waals surface area contributed by atoms with Crippen LogP contribution < -0.4 is 10.7 Å². The summed E-state index contributed by atoms with van der Waals surface area (Å²) in [4.78, 5) is 0. The second kappa shape index (κ2) is 5.92. The summed E-state index contributed by atoms with van der Waals surface area (Å²) >= 11 is 0. The molecule has 64 valence electrons. The molecule has 0 radical (unpaired) electrons. The third kappa shape index (κ3) is 5.61. The maximum atomic E-state index is 3.98. The largest absolute Gasteiger partial charge is 0.314 e. The van der Waals surface area contributed by atoms with E-state index in [1.165, 1.54) is 0 Å². The van der Waals surface area contributed by atoms with E-state index in [-0.39, 0.29) is 0 Å². The maximum Gasteiger partial charge on any atom is 0.0569 e. The van der Waals surface area contributed by atoms with Gasteiger partial charge in [-0.15, -0.1) is 0 Å². The zero-order valence-corrected chi connectivity index (χ0v) is 7.68. The Labute approximate surface area is 68.6 Å². The molecule has 0 aromatic heterocycles. The number of hydrogen-bond acceptors (Lipinski definition) is 3. The highest BCUT2D eigenvalue weighted by Gasteiger charge is 1.88. The van der Waals surface area contributed by atoms with Crippen LogP contribution in [0.2, 0.25) is 0 Å². The first-order chi connectivity index (χ1) is 5.20. The Morgan fingerprint density at radius 3 is 2.55 bits per heavy atom. The monoisotopic (exact) mass is 155 g/mol. The Hall–Kier alpha value is -0.830. The molecule has 1 unspecified atom stereocenters. The summed E-state index contributed by atoms with van der Waals surface area (Å²) in [5.74, 6) is 0. The number of allylic oxidation sites excluding steroid dienone is 1. The molecule has 0 aliphatic carbocycles. The summed E-state index contributed by atoms with van der Waals surface area (Å²) in [6.07, 6.45) is 4.05. The molecule has 11 heavy (non-hydrogen) atoms. The number of likely N-dealkylation sites (N-methyl/N-ethyl adjacent to an activating group) is 1. The van der Waals surface area contributed by atoms with E-state index in [1.54, 1.807) is 7.05 Å². The van der Waals surface area contributed by atoms with Crippen molar-refractivity contribution in [2.45, 2.75) is 19.9 Å². The summed E-state index contributed by atoms with van der Waals surface area (Å²) in [7, 11) is 3.72. The molecule has 0 aliphatic heterocycles. The lowest BCUT2D eigenvalue weighted by molar-refractivity contribution is 0.729. The molecule has 0 heterocycles. The summed E-state index contributed by atoms with van der Waals surface area (Å²) in [6.45, 7) is 4.04. The van der Waals surface area contributed by atoms with Gasteiger partial charge in [-0.05, 0) is 27.0 Å². The second-order valence-electron chi connectivity index (χ2n) is 2.41. The highest BCUT2D eigenvalue weighted by Crippen LogP contribution is 1.84. The number of nitrogens with one attached hydrogen (secondary N) is 2. The SMILES string of the molecule is CN/N=C(C)\C=C/C(C)NC.